The Bertz CT molecular complexity index is 478. The summed E-state index contributed by atoms with van der Waals surface area (Å²) in [7, 11) is 0. The molecule has 0 saturated heterocycles. The number of amides is 1. The third-order valence-corrected chi connectivity index (χ3v) is 2.78. The van der Waals surface area contributed by atoms with Crippen molar-refractivity contribution in [3.05, 3.63) is 39.9 Å². The van der Waals surface area contributed by atoms with Crippen LogP contribution in [0.15, 0.2) is 24.3 Å². The van der Waals surface area contributed by atoms with Crippen molar-refractivity contribution >= 4 is 11.6 Å². The Morgan fingerprint density at radius 1 is 1.19 bits per heavy atom. The first-order valence-corrected chi connectivity index (χ1v) is 7.03. The number of hydrogen-bond acceptors (Lipinski definition) is 4. The maximum absolute atomic E-state index is 11.6. The van der Waals surface area contributed by atoms with Gasteiger partial charge in [0, 0.05) is 30.6 Å². The largest absolute Gasteiger partial charge is 0.351 e. The van der Waals surface area contributed by atoms with Crippen molar-refractivity contribution in [2.75, 3.05) is 13.1 Å². The molecule has 116 valence electrons. The van der Waals surface area contributed by atoms with Crippen LogP contribution >= 0.6 is 0 Å². The van der Waals surface area contributed by atoms with Crippen LogP contribution in [0.4, 0.5) is 5.69 Å². The van der Waals surface area contributed by atoms with E-state index in [0.717, 1.165) is 18.5 Å². The second-order valence-electron chi connectivity index (χ2n) is 5.97. The predicted molar refractivity (Wildman–Crippen MR) is 82.2 cm³/mol. The molecule has 0 atom stereocenters. The fourth-order valence-corrected chi connectivity index (χ4v) is 1.82. The van der Waals surface area contributed by atoms with Crippen LogP contribution < -0.4 is 10.6 Å². The van der Waals surface area contributed by atoms with Crippen LogP contribution in [0.5, 0.6) is 0 Å². The van der Waals surface area contributed by atoms with Crippen molar-refractivity contribution in [2.24, 2.45) is 0 Å². The molecule has 0 aliphatic carbocycles. The van der Waals surface area contributed by atoms with Gasteiger partial charge in [-0.05, 0) is 39.3 Å². The molecule has 0 unspecified atom stereocenters. The molecule has 1 amide bonds. The molecular formula is C15H23N3O3. The van der Waals surface area contributed by atoms with Gasteiger partial charge in [-0.2, -0.15) is 0 Å². The van der Waals surface area contributed by atoms with Gasteiger partial charge in [0.15, 0.2) is 0 Å². The normalized spacial score (nSPS) is 11.2. The van der Waals surface area contributed by atoms with Crippen LogP contribution in [-0.4, -0.2) is 29.5 Å². The minimum Gasteiger partial charge on any atom is -0.351 e. The molecule has 0 fully saturated rings. The smallest absolute Gasteiger partial charge is 0.269 e. The Morgan fingerprint density at radius 2 is 1.81 bits per heavy atom. The summed E-state index contributed by atoms with van der Waals surface area (Å²) in [5, 5.41) is 16.6. The van der Waals surface area contributed by atoms with Gasteiger partial charge >= 0.3 is 0 Å². The number of nitrogens with one attached hydrogen (secondary N) is 2. The van der Waals surface area contributed by atoms with Gasteiger partial charge in [-0.1, -0.05) is 12.1 Å². The van der Waals surface area contributed by atoms with Gasteiger partial charge in [-0.15, -0.1) is 0 Å². The van der Waals surface area contributed by atoms with Gasteiger partial charge in [-0.3, -0.25) is 14.9 Å². The van der Waals surface area contributed by atoms with Crippen molar-refractivity contribution in [2.45, 2.75) is 39.2 Å². The first-order valence-electron chi connectivity index (χ1n) is 7.03. The van der Waals surface area contributed by atoms with E-state index in [9.17, 15) is 14.9 Å². The Balaban J connectivity index is 2.19. The summed E-state index contributed by atoms with van der Waals surface area (Å²) in [4.78, 5) is 21.7. The summed E-state index contributed by atoms with van der Waals surface area (Å²) in [6.45, 7) is 7.21. The van der Waals surface area contributed by atoms with Crippen molar-refractivity contribution in [3.63, 3.8) is 0 Å². The van der Waals surface area contributed by atoms with E-state index >= 15 is 0 Å². The molecule has 0 spiro atoms. The highest BCUT2D eigenvalue weighted by molar-refractivity contribution is 5.76. The Morgan fingerprint density at radius 3 is 2.33 bits per heavy atom. The summed E-state index contributed by atoms with van der Waals surface area (Å²) in [6, 6.07) is 6.52. The van der Waals surface area contributed by atoms with E-state index in [2.05, 4.69) is 10.6 Å². The monoisotopic (exact) mass is 293 g/mol. The lowest BCUT2D eigenvalue weighted by molar-refractivity contribution is -0.384. The Hall–Kier alpha value is -1.95. The van der Waals surface area contributed by atoms with E-state index in [4.69, 9.17) is 0 Å². The zero-order valence-electron chi connectivity index (χ0n) is 12.8. The van der Waals surface area contributed by atoms with Crippen LogP contribution in [0, 0.1) is 10.1 Å². The average Bonchev–Trinajstić information content (AvgIpc) is 2.36. The molecule has 0 radical (unpaired) electrons. The average molecular weight is 293 g/mol. The molecule has 21 heavy (non-hydrogen) atoms. The molecule has 0 aliphatic rings. The highest BCUT2D eigenvalue weighted by Gasteiger charge is 2.12. The molecule has 0 aromatic heterocycles. The maximum atomic E-state index is 11.6. The topological polar surface area (TPSA) is 84.3 Å². The number of nitrogens with zero attached hydrogens (tertiary/aromatic N) is 1. The number of carbonyl (C=O) groups is 1. The zero-order chi connectivity index (χ0) is 15.9. The van der Waals surface area contributed by atoms with E-state index in [0.29, 0.717) is 13.0 Å². The van der Waals surface area contributed by atoms with E-state index < -0.39 is 4.92 Å². The van der Waals surface area contributed by atoms with E-state index in [1.807, 2.05) is 20.8 Å². The zero-order valence-corrected chi connectivity index (χ0v) is 12.8. The molecule has 1 aromatic rings. The number of nitro benzene ring substituents is 1. The second kappa shape index (κ2) is 7.73. The lowest BCUT2D eigenvalue weighted by Crippen LogP contribution is -2.41. The SMILES string of the molecule is CC(C)(C)NC(=O)CCNCCc1ccc([N+](=O)[O-])cc1. The molecular weight excluding hydrogens is 270 g/mol. The lowest BCUT2D eigenvalue weighted by Gasteiger charge is -2.20. The quantitative estimate of drug-likeness (QED) is 0.458. The number of nitro groups is 1. The molecule has 1 aromatic carbocycles. The van der Waals surface area contributed by atoms with Crippen LogP contribution in [0.1, 0.15) is 32.8 Å². The number of carbonyl (C=O) groups excluding carboxylic acids is 1. The lowest BCUT2D eigenvalue weighted by atomic mass is 10.1. The van der Waals surface area contributed by atoms with Crippen molar-refractivity contribution in [1.29, 1.82) is 0 Å². The minimum atomic E-state index is -0.407. The number of benzene rings is 1. The third kappa shape index (κ3) is 7.41. The van der Waals surface area contributed by atoms with Crippen molar-refractivity contribution in [3.8, 4) is 0 Å². The van der Waals surface area contributed by atoms with Gasteiger partial charge < -0.3 is 10.6 Å². The molecule has 6 heteroatoms. The summed E-state index contributed by atoms with van der Waals surface area (Å²) >= 11 is 0. The van der Waals surface area contributed by atoms with Crippen molar-refractivity contribution in [1.82, 2.24) is 10.6 Å². The van der Waals surface area contributed by atoms with Crippen LogP contribution in [-0.2, 0) is 11.2 Å². The van der Waals surface area contributed by atoms with Crippen molar-refractivity contribution < 1.29 is 9.72 Å². The van der Waals surface area contributed by atoms with Gasteiger partial charge in [0.25, 0.3) is 5.69 Å². The molecule has 0 saturated carbocycles. The summed E-state index contributed by atoms with van der Waals surface area (Å²) < 4.78 is 0. The molecule has 0 aliphatic heterocycles. The summed E-state index contributed by atoms with van der Waals surface area (Å²) in [5.41, 5.74) is 0.938. The molecule has 6 nitrogen and oxygen atoms in total. The van der Waals surface area contributed by atoms with Crippen LogP contribution in [0.2, 0.25) is 0 Å². The molecule has 0 bridgehead atoms. The first kappa shape index (κ1) is 17.1. The standard InChI is InChI=1S/C15H23N3O3/c1-15(2,3)17-14(19)9-11-16-10-8-12-4-6-13(7-5-12)18(20)21/h4-7,16H,8-11H2,1-3H3,(H,17,19). The van der Waals surface area contributed by atoms with E-state index in [1.54, 1.807) is 12.1 Å². The highest BCUT2D eigenvalue weighted by atomic mass is 16.6. The molecule has 0 heterocycles. The number of rotatable bonds is 7. The fourth-order valence-electron chi connectivity index (χ4n) is 1.82. The Kier molecular flexibility index (Phi) is 6.30. The fraction of sp³-hybridized carbons (Fsp3) is 0.533. The molecule has 1 rings (SSSR count). The second-order valence-corrected chi connectivity index (χ2v) is 5.97. The minimum absolute atomic E-state index is 0.0327. The summed E-state index contributed by atoms with van der Waals surface area (Å²) in [6.07, 6.45) is 1.22. The van der Waals surface area contributed by atoms with Gasteiger partial charge in [0.1, 0.15) is 0 Å². The van der Waals surface area contributed by atoms with Gasteiger partial charge in [0.2, 0.25) is 5.91 Å². The van der Waals surface area contributed by atoms with E-state index in [1.165, 1.54) is 12.1 Å². The first-order chi connectivity index (χ1) is 9.78. The van der Waals surface area contributed by atoms with Crippen LogP contribution in [0.3, 0.4) is 0 Å². The maximum Gasteiger partial charge on any atom is 0.269 e. The third-order valence-electron chi connectivity index (χ3n) is 2.78. The number of hydrogen-bond donors (Lipinski definition) is 2. The summed E-state index contributed by atoms with van der Waals surface area (Å²) in [5.74, 6) is 0.0327. The molecule has 2 N–H and O–H groups in total. The van der Waals surface area contributed by atoms with Gasteiger partial charge in [-0.25, -0.2) is 0 Å². The highest BCUT2D eigenvalue weighted by Crippen LogP contribution is 2.11. The number of non-ortho nitro benzene ring substituents is 1. The van der Waals surface area contributed by atoms with Crippen LogP contribution in [0.25, 0.3) is 0 Å². The predicted octanol–water partition coefficient (Wildman–Crippen LogP) is 2.03. The van der Waals surface area contributed by atoms with E-state index in [-0.39, 0.29) is 17.1 Å². The van der Waals surface area contributed by atoms with Gasteiger partial charge in [0.05, 0.1) is 4.92 Å². The Labute approximate surface area is 125 Å².